The number of carbonyl (C=O) groups is 1. The molecule has 1 N–H and O–H groups in total. The molecule has 162 valence electrons. The number of nitrogens with zero attached hydrogens (tertiary/aromatic N) is 5. The van der Waals surface area contributed by atoms with Crippen LogP contribution in [-0.4, -0.2) is 51.9 Å². The van der Waals surface area contributed by atoms with Crippen LogP contribution in [0.5, 0.6) is 0 Å². The van der Waals surface area contributed by atoms with Crippen LogP contribution in [-0.2, 0) is 17.4 Å². The molecule has 0 saturated carbocycles. The number of carbonyl (C=O) groups excluding carboxylic acids is 1. The van der Waals surface area contributed by atoms with Crippen molar-refractivity contribution in [3.63, 3.8) is 0 Å². The van der Waals surface area contributed by atoms with Crippen LogP contribution in [0.15, 0.2) is 47.6 Å². The van der Waals surface area contributed by atoms with E-state index in [-0.39, 0.29) is 103 Å². The first kappa shape index (κ1) is 29.5. The van der Waals surface area contributed by atoms with Gasteiger partial charge >= 0.3 is 103 Å². The number of hydrogen-bond acceptors (Lipinski definition) is 7. The van der Waals surface area contributed by atoms with Crippen molar-refractivity contribution in [3.8, 4) is 5.69 Å². The fraction of sp³-hybridized carbons (Fsp3) is 0.364. The molecule has 2 unspecified atom stereocenters. The number of aliphatic carboxylic acids is 1. The van der Waals surface area contributed by atoms with Crippen molar-refractivity contribution >= 4 is 30.0 Å². The Kier molecular flexibility index (Phi) is 11.6. The van der Waals surface area contributed by atoms with Crippen LogP contribution in [0.25, 0.3) is 5.69 Å². The van der Waals surface area contributed by atoms with Crippen molar-refractivity contribution in [1.82, 2.24) is 24.7 Å². The van der Waals surface area contributed by atoms with Gasteiger partial charge in [0, 0.05) is 34.9 Å². The minimum absolute atomic E-state index is 0. The van der Waals surface area contributed by atoms with E-state index in [1.807, 2.05) is 30.3 Å². The topological polar surface area (TPSA) is 95.8 Å². The standard InChI is InChI=1S/C22H26N6O2S.2K/c1-15-6-3-7-16(2)20(15)28(13-10-19(28)21(29)30)12-5-11-23-17-8-4-9-18(14-17)27-22(31)24-25-26-27;;/h3-4,6-9,14,19,23H,5,10-13H2,1-2H3,(H-,24,26,29,30,31);;/q;2*+1/p-1. The number of aromatic nitrogens is 4. The first-order valence-corrected chi connectivity index (χ1v) is 10.8. The Morgan fingerprint density at radius 2 is 1.91 bits per heavy atom. The summed E-state index contributed by atoms with van der Waals surface area (Å²) in [5, 5.41) is 26.8. The Morgan fingerprint density at radius 1 is 1.21 bits per heavy atom. The second-order valence-corrected chi connectivity index (χ2v) is 8.41. The Bertz CT molecular complexity index is 1090. The largest absolute Gasteiger partial charge is 1.00 e. The first-order valence-electron chi connectivity index (χ1n) is 10.4. The van der Waals surface area contributed by atoms with Crippen LogP contribution < -0.4 is 118 Å². The number of anilines is 1. The molecule has 1 aromatic heterocycles. The smallest absolute Gasteiger partial charge is 0.738 e. The first-order chi connectivity index (χ1) is 14.9. The molecular formula is C22H25K2N6O2S+. The zero-order valence-electron chi connectivity index (χ0n) is 19.6. The number of quaternary nitrogens is 1. The van der Waals surface area contributed by atoms with Crippen molar-refractivity contribution in [2.24, 2.45) is 0 Å². The summed E-state index contributed by atoms with van der Waals surface area (Å²) in [6.45, 7) is 6.39. The number of likely N-dealkylation sites (tertiary alicyclic amines) is 1. The van der Waals surface area contributed by atoms with E-state index in [0.29, 0.717) is 22.6 Å². The summed E-state index contributed by atoms with van der Waals surface area (Å²) in [5.41, 5.74) is 5.11. The third-order valence-electron chi connectivity index (χ3n) is 6.15. The second kappa shape index (κ2) is 13.0. The van der Waals surface area contributed by atoms with Crippen molar-refractivity contribution in [2.45, 2.75) is 37.9 Å². The Hall–Kier alpha value is 0.233. The predicted octanol–water partition coefficient (Wildman–Crippen LogP) is -4.48. The van der Waals surface area contributed by atoms with Crippen molar-refractivity contribution < 1.29 is 113 Å². The zero-order chi connectivity index (χ0) is 22.0. The molecule has 2 aromatic carbocycles. The fourth-order valence-corrected chi connectivity index (χ4v) is 4.91. The number of carboxylic acid groups (broad SMARTS) is 1. The van der Waals surface area contributed by atoms with Gasteiger partial charge in [0.25, 0.3) is 0 Å². The molecule has 1 saturated heterocycles. The van der Waals surface area contributed by atoms with Crippen LogP contribution >= 0.6 is 0 Å². The summed E-state index contributed by atoms with van der Waals surface area (Å²) >= 11 is 5.13. The number of carboxylic acids is 1. The number of para-hydroxylation sites is 1. The summed E-state index contributed by atoms with van der Waals surface area (Å²) in [7, 11) is 0. The Labute approximate surface area is 284 Å². The zero-order valence-corrected chi connectivity index (χ0v) is 26.7. The van der Waals surface area contributed by atoms with Gasteiger partial charge in [-0.3, -0.25) is 4.48 Å². The monoisotopic (exact) mass is 515 g/mol. The molecule has 0 radical (unpaired) electrons. The maximum Gasteiger partial charge on any atom is 1.00 e. The van der Waals surface area contributed by atoms with Gasteiger partial charge in [-0.2, -0.15) is 0 Å². The third kappa shape index (κ3) is 6.33. The predicted molar refractivity (Wildman–Crippen MR) is 119 cm³/mol. The molecule has 0 bridgehead atoms. The minimum atomic E-state index is -0.962. The van der Waals surface area contributed by atoms with Crippen LogP contribution in [0, 0.1) is 13.8 Å². The molecule has 0 amide bonds. The summed E-state index contributed by atoms with van der Waals surface area (Å²) < 4.78 is 1.97. The molecule has 33 heavy (non-hydrogen) atoms. The van der Waals surface area contributed by atoms with E-state index in [0.717, 1.165) is 47.7 Å². The molecule has 1 aliphatic heterocycles. The maximum atomic E-state index is 11.9. The molecular weight excluding hydrogens is 491 g/mol. The number of hydrogen-bond donors (Lipinski definition) is 1. The Morgan fingerprint density at radius 3 is 2.48 bits per heavy atom. The van der Waals surface area contributed by atoms with Gasteiger partial charge in [-0.05, 0) is 42.5 Å². The van der Waals surface area contributed by atoms with Crippen LogP contribution in [0.2, 0.25) is 0 Å². The molecule has 0 spiro atoms. The molecule has 11 heteroatoms. The maximum absolute atomic E-state index is 11.9. The van der Waals surface area contributed by atoms with Gasteiger partial charge in [-0.1, -0.05) is 24.3 Å². The molecule has 0 aliphatic carbocycles. The fourth-order valence-electron chi connectivity index (χ4n) is 4.73. The van der Waals surface area contributed by atoms with Gasteiger partial charge in [-0.15, -0.1) is 5.10 Å². The van der Waals surface area contributed by atoms with Gasteiger partial charge < -0.3 is 27.8 Å². The van der Waals surface area contributed by atoms with Gasteiger partial charge in [0.1, 0.15) is 11.7 Å². The van der Waals surface area contributed by atoms with Crippen LogP contribution in [0.3, 0.4) is 0 Å². The van der Waals surface area contributed by atoms with E-state index >= 15 is 0 Å². The molecule has 2 atom stereocenters. The van der Waals surface area contributed by atoms with E-state index in [1.165, 1.54) is 4.68 Å². The van der Waals surface area contributed by atoms with Crippen molar-refractivity contribution in [2.75, 3.05) is 25.0 Å². The van der Waals surface area contributed by atoms with E-state index in [4.69, 9.17) is 12.6 Å². The normalized spacial score (nSPS) is 19.0. The summed E-state index contributed by atoms with van der Waals surface area (Å²) in [6.07, 6.45) is 1.47. The number of aryl methyl sites for hydroxylation is 2. The average Bonchev–Trinajstić information content (AvgIpc) is 3.14. The number of benzene rings is 2. The van der Waals surface area contributed by atoms with E-state index < -0.39 is 12.0 Å². The number of tetrazole rings is 1. The average molecular weight is 516 g/mol. The third-order valence-corrected chi connectivity index (χ3v) is 6.40. The SMILES string of the molecule is Cc1cccc(C)c1[N+]1(CCCNc2cccc(-n3nnnc3[S-])c2)CCC1C(=O)[O-].[K+].[K+]. The molecule has 1 fully saturated rings. The van der Waals surface area contributed by atoms with E-state index in [2.05, 4.69) is 46.8 Å². The molecule has 2 heterocycles. The summed E-state index contributed by atoms with van der Waals surface area (Å²) in [4.78, 5) is 11.9. The van der Waals surface area contributed by atoms with Gasteiger partial charge in [-0.25, -0.2) is 4.68 Å². The van der Waals surface area contributed by atoms with Gasteiger partial charge in [0.2, 0.25) is 0 Å². The summed E-state index contributed by atoms with van der Waals surface area (Å²) in [6, 6.07) is 13.4. The molecule has 1 aliphatic rings. The van der Waals surface area contributed by atoms with Crippen LogP contribution in [0.1, 0.15) is 24.0 Å². The second-order valence-electron chi connectivity index (χ2n) is 8.05. The van der Waals surface area contributed by atoms with E-state index in [1.54, 1.807) is 0 Å². The number of rotatable bonds is 8. The van der Waals surface area contributed by atoms with Crippen LogP contribution in [0.4, 0.5) is 11.4 Å². The molecule has 4 rings (SSSR count). The summed E-state index contributed by atoms with van der Waals surface area (Å²) in [5.74, 6) is -0.962. The van der Waals surface area contributed by atoms with Crippen molar-refractivity contribution in [1.29, 1.82) is 0 Å². The number of nitrogens with one attached hydrogen (secondary N) is 1. The molecule has 8 nitrogen and oxygen atoms in total. The molecule has 3 aromatic rings. The van der Waals surface area contributed by atoms with Crippen molar-refractivity contribution in [3.05, 3.63) is 53.6 Å². The minimum Gasteiger partial charge on any atom is -0.738 e. The van der Waals surface area contributed by atoms with Gasteiger partial charge in [0.05, 0.1) is 31.2 Å². The quantitative estimate of drug-likeness (QED) is 0.140. The van der Waals surface area contributed by atoms with E-state index in [9.17, 15) is 9.90 Å². The van der Waals surface area contributed by atoms with Gasteiger partial charge in [0.15, 0.2) is 0 Å². The Balaban J connectivity index is 0.00000193.